The minimum absolute atomic E-state index is 0. The van der Waals surface area contributed by atoms with Gasteiger partial charge in [0.05, 0.1) is 0 Å². The van der Waals surface area contributed by atoms with Crippen molar-refractivity contribution < 1.29 is 4.39 Å². The van der Waals surface area contributed by atoms with E-state index in [-0.39, 0.29) is 29.8 Å². The largest absolute Gasteiger partial charge is 0.354 e. The summed E-state index contributed by atoms with van der Waals surface area (Å²) in [5.74, 6) is 0.656. The standard InChI is InChI=1S/C18H29FN4.HI/c1-13(2)23-9-7-16(8-10-23)22-18(20-4)21-12-15-5-6-17(19)14(3)11-15;/h5-6,11,13,16H,7-10,12H2,1-4H3,(H2,20,21,22);1H. The number of hydrogen-bond donors (Lipinski definition) is 2. The molecular weight excluding hydrogens is 418 g/mol. The lowest BCUT2D eigenvalue weighted by Gasteiger charge is -2.35. The van der Waals surface area contributed by atoms with Crippen LogP contribution in [-0.4, -0.2) is 43.1 Å². The maximum Gasteiger partial charge on any atom is 0.191 e. The third-order valence-electron chi connectivity index (χ3n) is 4.51. The first-order valence-electron chi connectivity index (χ1n) is 8.46. The second-order valence-electron chi connectivity index (χ2n) is 6.56. The predicted octanol–water partition coefficient (Wildman–Crippen LogP) is 3.29. The van der Waals surface area contributed by atoms with Crippen LogP contribution in [0.5, 0.6) is 0 Å². The van der Waals surface area contributed by atoms with Gasteiger partial charge in [-0.05, 0) is 50.8 Å². The Labute approximate surface area is 162 Å². The Hall–Kier alpha value is -0.890. The summed E-state index contributed by atoms with van der Waals surface area (Å²) in [6.07, 6.45) is 2.27. The van der Waals surface area contributed by atoms with Gasteiger partial charge in [0.25, 0.3) is 0 Å². The molecule has 4 nitrogen and oxygen atoms in total. The van der Waals surface area contributed by atoms with E-state index >= 15 is 0 Å². The fourth-order valence-corrected chi connectivity index (χ4v) is 2.95. The van der Waals surface area contributed by atoms with Crippen molar-refractivity contribution in [1.82, 2.24) is 15.5 Å². The lowest BCUT2D eigenvalue weighted by Crippen LogP contribution is -2.49. The first-order valence-corrected chi connectivity index (χ1v) is 8.46. The van der Waals surface area contributed by atoms with Crippen LogP contribution in [0.15, 0.2) is 23.2 Å². The predicted molar refractivity (Wildman–Crippen MR) is 110 cm³/mol. The van der Waals surface area contributed by atoms with Crippen molar-refractivity contribution in [2.45, 2.75) is 52.2 Å². The third kappa shape index (κ3) is 6.20. The van der Waals surface area contributed by atoms with Crippen LogP contribution in [0.1, 0.15) is 37.8 Å². The van der Waals surface area contributed by atoms with Crippen molar-refractivity contribution in [2.75, 3.05) is 20.1 Å². The minimum atomic E-state index is -0.159. The Morgan fingerprint density at radius 2 is 2.00 bits per heavy atom. The molecular formula is C18H30FIN4. The highest BCUT2D eigenvalue weighted by molar-refractivity contribution is 14.0. The van der Waals surface area contributed by atoms with Crippen molar-refractivity contribution in [3.05, 3.63) is 35.1 Å². The van der Waals surface area contributed by atoms with Gasteiger partial charge in [-0.3, -0.25) is 4.99 Å². The number of likely N-dealkylation sites (tertiary alicyclic amines) is 1. The van der Waals surface area contributed by atoms with Crippen molar-refractivity contribution in [3.8, 4) is 0 Å². The minimum Gasteiger partial charge on any atom is -0.354 e. The summed E-state index contributed by atoms with van der Waals surface area (Å²) in [5.41, 5.74) is 1.73. The first kappa shape index (κ1) is 21.2. The SMILES string of the molecule is CN=C(NCc1ccc(F)c(C)c1)NC1CCN(C(C)C)CC1.I. The highest BCUT2D eigenvalue weighted by Gasteiger charge is 2.21. The zero-order valence-electron chi connectivity index (χ0n) is 15.1. The number of rotatable bonds is 4. The van der Waals surface area contributed by atoms with Gasteiger partial charge in [0.2, 0.25) is 0 Å². The van der Waals surface area contributed by atoms with Gasteiger partial charge in [0.15, 0.2) is 5.96 Å². The Morgan fingerprint density at radius 3 is 2.54 bits per heavy atom. The van der Waals surface area contributed by atoms with E-state index < -0.39 is 0 Å². The molecule has 1 fully saturated rings. The molecule has 0 aromatic heterocycles. The summed E-state index contributed by atoms with van der Waals surface area (Å²) < 4.78 is 13.3. The van der Waals surface area contributed by atoms with Crippen LogP contribution in [0.2, 0.25) is 0 Å². The Kier molecular flexibility index (Phi) is 8.97. The van der Waals surface area contributed by atoms with E-state index in [9.17, 15) is 4.39 Å². The fourth-order valence-electron chi connectivity index (χ4n) is 2.95. The van der Waals surface area contributed by atoms with Gasteiger partial charge >= 0.3 is 0 Å². The molecule has 0 bridgehead atoms. The van der Waals surface area contributed by atoms with Crippen LogP contribution < -0.4 is 10.6 Å². The molecule has 1 aliphatic heterocycles. The van der Waals surface area contributed by atoms with Gasteiger partial charge in [0.1, 0.15) is 5.82 Å². The molecule has 0 unspecified atom stereocenters. The van der Waals surface area contributed by atoms with Crippen LogP contribution in [0.4, 0.5) is 4.39 Å². The molecule has 0 spiro atoms. The molecule has 0 radical (unpaired) electrons. The van der Waals surface area contributed by atoms with Crippen molar-refractivity contribution in [1.29, 1.82) is 0 Å². The highest BCUT2D eigenvalue weighted by atomic mass is 127. The van der Waals surface area contributed by atoms with E-state index in [1.165, 1.54) is 6.07 Å². The number of nitrogens with zero attached hydrogens (tertiary/aromatic N) is 2. The Bertz CT molecular complexity index is 540. The number of aliphatic imine (C=N–C) groups is 1. The van der Waals surface area contributed by atoms with Gasteiger partial charge in [-0.25, -0.2) is 4.39 Å². The molecule has 6 heteroatoms. The van der Waals surface area contributed by atoms with Gasteiger partial charge in [-0.15, -0.1) is 24.0 Å². The third-order valence-corrected chi connectivity index (χ3v) is 4.51. The van der Waals surface area contributed by atoms with Crippen LogP contribution >= 0.6 is 24.0 Å². The van der Waals surface area contributed by atoms with Gasteiger partial charge < -0.3 is 15.5 Å². The molecule has 0 atom stereocenters. The number of nitrogens with one attached hydrogen (secondary N) is 2. The van der Waals surface area contributed by atoms with Gasteiger partial charge in [-0.2, -0.15) is 0 Å². The Morgan fingerprint density at radius 1 is 1.33 bits per heavy atom. The maximum atomic E-state index is 13.3. The molecule has 0 amide bonds. The second-order valence-corrected chi connectivity index (χ2v) is 6.56. The smallest absolute Gasteiger partial charge is 0.191 e. The summed E-state index contributed by atoms with van der Waals surface area (Å²) in [6.45, 7) is 9.19. The van der Waals surface area contributed by atoms with Gasteiger partial charge in [0, 0.05) is 38.8 Å². The summed E-state index contributed by atoms with van der Waals surface area (Å²) >= 11 is 0. The van der Waals surface area contributed by atoms with Crippen molar-refractivity contribution in [2.24, 2.45) is 4.99 Å². The van der Waals surface area contributed by atoms with E-state index in [1.807, 2.05) is 12.1 Å². The average Bonchev–Trinajstić information content (AvgIpc) is 2.55. The van der Waals surface area contributed by atoms with Gasteiger partial charge in [-0.1, -0.05) is 12.1 Å². The zero-order valence-corrected chi connectivity index (χ0v) is 17.4. The molecule has 24 heavy (non-hydrogen) atoms. The number of piperidine rings is 1. The Balaban J connectivity index is 0.00000288. The normalized spacial score (nSPS) is 16.8. The highest BCUT2D eigenvalue weighted by Crippen LogP contribution is 2.13. The van der Waals surface area contributed by atoms with E-state index in [0.29, 0.717) is 24.2 Å². The molecule has 0 saturated carbocycles. The molecule has 1 heterocycles. The second kappa shape index (κ2) is 10.2. The van der Waals surface area contributed by atoms with Crippen LogP contribution in [0, 0.1) is 12.7 Å². The van der Waals surface area contributed by atoms with E-state index in [0.717, 1.165) is 37.5 Å². The molecule has 1 aromatic rings. The van der Waals surface area contributed by atoms with Crippen LogP contribution in [0.25, 0.3) is 0 Å². The van der Waals surface area contributed by atoms with Crippen LogP contribution in [0.3, 0.4) is 0 Å². The van der Waals surface area contributed by atoms with E-state index in [1.54, 1.807) is 14.0 Å². The fraction of sp³-hybridized carbons (Fsp3) is 0.611. The molecule has 1 aliphatic rings. The first-order chi connectivity index (χ1) is 11.0. The maximum absolute atomic E-state index is 13.3. The molecule has 0 aliphatic carbocycles. The number of hydrogen-bond acceptors (Lipinski definition) is 2. The number of benzene rings is 1. The van der Waals surface area contributed by atoms with Crippen molar-refractivity contribution in [3.63, 3.8) is 0 Å². The monoisotopic (exact) mass is 448 g/mol. The van der Waals surface area contributed by atoms with E-state index in [4.69, 9.17) is 0 Å². The molecule has 2 rings (SSSR count). The molecule has 136 valence electrons. The summed E-state index contributed by atoms with van der Waals surface area (Å²) in [5, 5.41) is 6.82. The number of aryl methyl sites for hydroxylation is 1. The average molecular weight is 448 g/mol. The molecule has 1 saturated heterocycles. The summed E-state index contributed by atoms with van der Waals surface area (Å²) in [6, 6.07) is 6.28. The topological polar surface area (TPSA) is 39.7 Å². The number of halogens is 2. The lowest BCUT2D eigenvalue weighted by atomic mass is 10.0. The summed E-state index contributed by atoms with van der Waals surface area (Å²) in [7, 11) is 1.79. The van der Waals surface area contributed by atoms with Crippen molar-refractivity contribution >= 4 is 29.9 Å². The van der Waals surface area contributed by atoms with E-state index in [2.05, 4.69) is 34.4 Å². The zero-order chi connectivity index (χ0) is 16.8. The van der Waals surface area contributed by atoms with Crippen LogP contribution in [-0.2, 0) is 6.54 Å². The quantitative estimate of drug-likeness (QED) is 0.422. The molecule has 1 aromatic carbocycles. The summed E-state index contributed by atoms with van der Waals surface area (Å²) in [4.78, 5) is 6.81. The number of guanidine groups is 1. The molecule has 2 N–H and O–H groups in total. The lowest BCUT2D eigenvalue weighted by molar-refractivity contribution is 0.167.